The molecule has 2 rings (SSSR count). The molecule has 0 bridgehead atoms. The van der Waals surface area contributed by atoms with Gasteiger partial charge in [-0.1, -0.05) is 0 Å². The number of alkyl halides is 1. The smallest absolute Gasteiger partial charge is 0.111 e. The highest BCUT2D eigenvalue weighted by molar-refractivity contribution is 7.99. The first-order valence-corrected chi connectivity index (χ1v) is 7.10. The summed E-state index contributed by atoms with van der Waals surface area (Å²) in [5.74, 6) is 2.98. The largest absolute Gasteiger partial charge is 0.296 e. The van der Waals surface area contributed by atoms with Crippen molar-refractivity contribution < 1.29 is 0 Å². The summed E-state index contributed by atoms with van der Waals surface area (Å²) >= 11 is 9.52. The number of thiazole rings is 1. The predicted octanol–water partition coefficient (Wildman–Crippen LogP) is 2.60. The van der Waals surface area contributed by atoms with Crippen molar-refractivity contribution >= 4 is 34.7 Å². The molecule has 1 aliphatic heterocycles. The van der Waals surface area contributed by atoms with Gasteiger partial charge in [0.15, 0.2) is 0 Å². The topological polar surface area (TPSA) is 16.1 Å². The van der Waals surface area contributed by atoms with E-state index in [9.17, 15) is 0 Å². The van der Waals surface area contributed by atoms with Crippen molar-refractivity contribution in [2.75, 3.05) is 25.1 Å². The second-order valence-electron chi connectivity index (χ2n) is 3.37. The van der Waals surface area contributed by atoms with Crippen LogP contribution in [-0.2, 0) is 5.88 Å². The fourth-order valence-electron chi connectivity index (χ4n) is 1.48. The zero-order valence-electron chi connectivity index (χ0n) is 8.07. The molecule has 1 aromatic rings. The number of aromatic nitrogens is 1. The van der Waals surface area contributed by atoms with E-state index in [1.165, 1.54) is 15.6 Å². The Labute approximate surface area is 97.7 Å². The van der Waals surface area contributed by atoms with Crippen LogP contribution in [-0.4, -0.2) is 35.0 Å². The highest BCUT2D eigenvalue weighted by atomic mass is 35.5. The SMILES string of the molecule is CN1CCSCC1c1ncc(CCl)s1. The highest BCUT2D eigenvalue weighted by Crippen LogP contribution is 2.31. The van der Waals surface area contributed by atoms with E-state index < -0.39 is 0 Å². The molecule has 0 radical (unpaired) electrons. The lowest BCUT2D eigenvalue weighted by Crippen LogP contribution is -2.32. The van der Waals surface area contributed by atoms with E-state index in [0.717, 1.165) is 12.3 Å². The minimum absolute atomic E-state index is 0.496. The molecule has 1 fully saturated rings. The Kier molecular flexibility index (Phi) is 3.71. The van der Waals surface area contributed by atoms with Crippen molar-refractivity contribution in [1.82, 2.24) is 9.88 Å². The second kappa shape index (κ2) is 4.84. The van der Waals surface area contributed by atoms with E-state index in [1.54, 1.807) is 11.3 Å². The third kappa shape index (κ3) is 2.24. The van der Waals surface area contributed by atoms with E-state index >= 15 is 0 Å². The summed E-state index contributed by atoms with van der Waals surface area (Å²) in [6.45, 7) is 1.16. The van der Waals surface area contributed by atoms with Gasteiger partial charge in [0.25, 0.3) is 0 Å². The van der Waals surface area contributed by atoms with E-state index in [4.69, 9.17) is 11.6 Å². The number of nitrogens with zero attached hydrogens (tertiary/aromatic N) is 2. The molecule has 1 aromatic heterocycles. The van der Waals surface area contributed by atoms with Gasteiger partial charge in [-0.25, -0.2) is 4.98 Å². The van der Waals surface area contributed by atoms with Crippen LogP contribution < -0.4 is 0 Å². The van der Waals surface area contributed by atoms with Gasteiger partial charge in [0.05, 0.1) is 11.9 Å². The number of hydrogen-bond donors (Lipinski definition) is 0. The third-order valence-electron chi connectivity index (χ3n) is 2.38. The second-order valence-corrected chi connectivity index (χ2v) is 5.93. The van der Waals surface area contributed by atoms with E-state index in [-0.39, 0.29) is 0 Å². The van der Waals surface area contributed by atoms with Crippen LogP contribution in [0.1, 0.15) is 15.9 Å². The van der Waals surface area contributed by atoms with Crippen LogP contribution >= 0.6 is 34.7 Å². The maximum Gasteiger partial charge on any atom is 0.111 e. The van der Waals surface area contributed by atoms with Crippen LogP contribution in [0.2, 0.25) is 0 Å². The van der Waals surface area contributed by atoms with Gasteiger partial charge in [0.1, 0.15) is 5.01 Å². The van der Waals surface area contributed by atoms with Crippen molar-refractivity contribution in [3.05, 3.63) is 16.1 Å². The summed E-state index contributed by atoms with van der Waals surface area (Å²) in [7, 11) is 2.17. The fourth-order valence-corrected chi connectivity index (χ4v) is 3.98. The zero-order chi connectivity index (χ0) is 9.97. The Balaban J connectivity index is 2.12. The summed E-state index contributed by atoms with van der Waals surface area (Å²) in [5.41, 5.74) is 0. The summed E-state index contributed by atoms with van der Waals surface area (Å²) < 4.78 is 0. The molecule has 2 heterocycles. The minimum atomic E-state index is 0.496. The van der Waals surface area contributed by atoms with E-state index in [0.29, 0.717) is 11.9 Å². The summed E-state index contributed by atoms with van der Waals surface area (Å²) in [6, 6.07) is 0.496. The molecule has 0 saturated carbocycles. The molecule has 1 unspecified atom stereocenters. The first kappa shape index (κ1) is 10.7. The third-order valence-corrected chi connectivity index (χ3v) is 4.95. The van der Waals surface area contributed by atoms with Gasteiger partial charge in [-0.15, -0.1) is 22.9 Å². The van der Waals surface area contributed by atoms with Gasteiger partial charge < -0.3 is 0 Å². The van der Waals surface area contributed by atoms with E-state index in [2.05, 4.69) is 16.9 Å². The maximum atomic E-state index is 5.77. The molecule has 0 spiro atoms. The van der Waals surface area contributed by atoms with Gasteiger partial charge in [-0.05, 0) is 7.05 Å². The number of hydrogen-bond acceptors (Lipinski definition) is 4. The van der Waals surface area contributed by atoms with Gasteiger partial charge in [-0.3, -0.25) is 4.90 Å². The average molecular weight is 249 g/mol. The van der Waals surface area contributed by atoms with Crippen LogP contribution in [0.4, 0.5) is 0 Å². The molecule has 0 amide bonds. The normalized spacial score (nSPS) is 24.0. The highest BCUT2D eigenvalue weighted by Gasteiger charge is 2.23. The van der Waals surface area contributed by atoms with Crippen LogP contribution in [0.15, 0.2) is 6.20 Å². The van der Waals surface area contributed by atoms with Crippen molar-refractivity contribution in [3.8, 4) is 0 Å². The summed E-state index contributed by atoms with van der Waals surface area (Å²) in [4.78, 5) is 7.99. The molecule has 2 nitrogen and oxygen atoms in total. The lowest BCUT2D eigenvalue weighted by atomic mass is 10.3. The quantitative estimate of drug-likeness (QED) is 0.749. The summed E-state index contributed by atoms with van der Waals surface area (Å²) in [5, 5.41) is 1.22. The Hall–Kier alpha value is 0.230. The monoisotopic (exact) mass is 248 g/mol. The fraction of sp³-hybridized carbons (Fsp3) is 0.667. The Morgan fingerprint density at radius 1 is 1.71 bits per heavy atom. The van der Waals surface area contributed by atoms with Gasteiger partial charge in [-0.2, -0.15) is 11.8 Å². The molecule has 14 heavy (non-hydrogen) atoms. The van der Waals surface area contributed by atoms with Crippen LogP contribution in [0.5, 0.6) is 0 Å². The molecule has 0 N–H and O–H groups in total. The van der Waals surface area contributed by atoms with Crippen LogP contribution in [0.3, 0.4) is 0 Å². The van der Waals surface area contributed by atoms with E-state index in [1.807, 2.05) is 18.0 Å². The minimum Gasteiger partial charge on any atom is -0.296 e. The van der Waals surface area contributed by atoms with Crippen molar-refractivity contribution in [2.24, 2.45) is 0 Å². The van der Waals surface area contributed by atoms with Crippen molar-refractivity contribution in [1.29, 1.82) is 0 Å². The summed E-state index contributed by atoms with van der Waals surface area (Å²) in [6.07, 6.45) is 1.90. The van der Waals surface area contributed by atoms with Crippen molar-refractivity contribution in [3.63, 3.8) is 0 Å². The molecule has 0 aliphatic carbocycles. The molecular weight excluding hydrogens is 236 g/mol. The van der Waals surface area contributed by atoms with Crippen molar-refractivity contribution in [2.45, 2.75) is 11.9 Å². The molecule has 5 heteroatoms. The molecule has 78 valence electrons. The number of thioether (sulfide) groups is 1. The van der Waals surface area contributed by atoms with Gasteiger partial charge in [0.2, 0.25) is 0 Å². The first-order valence-electron chi connectivity index (χ1n) is 4.60. The number of halogens is 1. The predicted molar refractivity (Wildman–Crippen MR) is 64.4 cm³/mol. The number of rotatable bonds is 2. The molecule has 1 atom stereocenters. The average Bonchev–Trinajstić information content (AvgIpc) is 2.67. The van der Waals surface area contributed by atoms with Crippen LogP contribution in [0.25, 0.3) is 0 Å². The molecule has 1 aliphatic rings. The molecular formula is C9H13ClN2S2. The lowest BCUT2D eigenvalue weighted by Gasteiger charge is -2.30. The van der Waals surface area contributed by atoms with Gasteiger partial charge >= 0.3 is 0 Å². The Bertz CT molecular complexity index is 303. The molecule has 1 saturated heterocycles. The Morgan fingerprint density at radius 2 is 2.57 bits per heavy atom. The molecule has 0 aromatic carbocycles. The lowest BCUT2D eigenvalue weighted by molar-refractivity contribution is 0.274. The zero-order valence-corrected chi connectivity index (χ0v) is 10.5. The van der Waals surface area contributed by atoms with Gasteiger partial charge in [0, 0.05) is 29.1 Å². The first-order chi connectivity index (χ1) is 6.81. The standard InChI is InChI=1S/C9H13ClN2S2/c1-12-2-3-13-6-8(12)9-11-5-7(4-10)14-9/h5,8H,2-4,6H2,1H3. The van der Waals surface area contributed by atoms with Crippen LogP contribution in [0, 0.1) is 0 Å². The Morgan fingerprint density at radius 3 is 3.21 bits per heavy atom. The maximum absolute atomic E-state index is 5.77.